The topological polar surface area (TPSA) is 56.8 Å². The largest absolute Gasteiger partial charge is 0.489 e. The van der Waals surface area contributed by atoms with Crippen molar-refractivity contribution in [2.24, 2.45) is 0 Å². The lowest BCUT2D eigenvalue weighted by atomic mass is 9.90. The van der Waals surface area contributed by atoms with Gasteiger partial charge < -0.3 is 20.3 Å². The van der Waals surface area contributed by atoms with Crippen molar-refractivity contribution in [3.63, 3.8) is 0 Å². The molecule has 2 fully saturated rings. The number of para-hydroxylation sites is 2. The molecule has 0 atom stereocenters. The summed E-state index contributed by atoms with van der Waals surface area (Å²) in [5, 5.41) is 6.15. The lowest BCUT2D eigenvalue weighted by molar-refractivity contribution is 0.136. The number of urea groups is 1. The zero-order chi connectivity index (χ0) is 23.0. The molecule has 2 aliphatic rings. The molecule has 0 aromatic heterocycles. The predicted molar refractivity (Wildman–Crippen MR) is 134 cm³/mol. The Balaban J connectivity index is 1.19. The first-order chi connectivity index (χ1) is 16.1. The maximum Gasteiger partial charge on any atom is 0.315 e. The number of carbonyl (C=O) groups excluding carboxylic acids is 1. The molecule has 2 aromatic rings. The molecule has 0 spiro atoms. The van der Waals surface area contributed by atoms with E-state index in [2.05, 4.69) is 52.5 Å². The molecule has 1 saturated heterocycles. The lowest BCUT2D eigenvalue weighted by Gasteiger charge is -2.43. The first kappa shape index (κ1) is 23.4. The monoisotopic (exact) mass is 450 g/mol. The molecule has 0 unspecified atom stereocenters. The van der Waals surface area contributed by atoms with Crippen molar-refractivity contribution in [3.05, 3.63) is 60.2 Å². The van der Waals surface area contributed by atoms with Gasteiger partial charge in [0.15, 0.2) is 0 Å². The van der Waals surface area contributed by atoms with Gasteiger partial charge in [-0.25, -0.2) is 4.79 Å². The molecule has 0 bridgehead atoms. The van der Waals surface area contributed by atoms with E-state index in [1.165, 1.54) is 5.69 Å². The molecule has 1 saturated carbocycles. The molecule has 4 rings (SSSR count). The minimum absolute atomic E-state index is 0.0572. The smallest absolute Gasteiger partial charge is 0.315 e. The summed E-state index contributed by atoms with van der Waals surface area (Å²) in [7, 11) is 0. The van der Waals surface area contributed by atoms with E-state index in [0.717, 1.165) is 63.2 Å². The second-order valence-electron chi connectivity index (χ2n) is 9.48. The average molecular weight is 451 g/mol. The van der Waals surface area contributed by atoms with Gasteiger partial charge in [-0.3, -0.25) is 4.90 Å². The number of piperazine rings is 1. The van der Waals surface area contributed by atoms with E-state index < -0.39 is 0 Å². The van der Waals surface area contributed by atoms with Crippen LogP contribution in [0.3, 0.4) is 0 Å². The zero-order valence-electron chi connectivity index (χ0n) is 20.0. The van der Waals surface area contributed by atoms with Gasteiger partial charge in [-0.15, -0.1) is 0 Å². The third-order valence-corrected chi connectivity index (χ3v) is 6.73. The summed E-state index contributed by atoms with van der Waals surface area (Å²) in [6.45, 7) is 8.93. The Hall–Kier alpha value is -2.73. The van der Waals surface area contributed by atoms with Crippen molar-refractivity contribution < 1.29 is 9.53 Å². The third kappa shape index (κ3) is 6.64. The van der Waals surface area contributed by atoms with E-state index in [1.54, 1.807) is 0 Å². The number of hydrogen-bond donors (Lipinski definition) is 2. The Morgan fingerprint density at radius 1 is 0.939 bits per heavy atom. The lowest BCUT2D eigenvalue weighted by Crippen LogP contribution is -2.52. The average Bonchev–Trinajstić information content (AvgIpc) is 2.84. The van der Waals surface area contributed by atoms with Crippen LogP contribution in [-0.2, 0) is 6.54 Å². The van der Waals surface area contributed by atoms with Crippen LogP contribution in [0.25, 0.3) is 0 Å². The molecular weight excluding hydrogens is 412 g/mol. The second-order valence-corrected chi connectivity index (χ2v) is 9.48. The van der Waals surface area contributed by atoms with Crippen molar-refractivity contribution in [3.8, 4) is 5.75 Å². The number of hydrogen-bond acceptors (Lipinski definition) is 4. The van der Waals surface area contributed by atoms with Gasteiger partial charge in [-0.05, 0) is 57.2 Å². The fourth-order valence-electron chi connectivity index (χ4n) is 5.00. The molecule has 2 aromatic carbocycles. The standard InChI is InChI=1S/C27H38N4O2/c1-21(2)33-26-11-7-6-10-25(26)31-18-16-30(17-19-31)24-14-12-23(13-15-24)29-27(32)28-20-22-8-4-3-5-9-22/h3-11,21,23-24H,12-20H2,1-2H3,(H2,28,29,32). The number of anilines is 1. The zero-order valence-corrected chi connectivity index (χ0v) is 20.0. The second kappa shape index (κ2) is 11.4. The van der Waals surface area contributed by atoms with Crippen LogP contribution in [0.5, 0.6) is 5.75 Å². The Kier molecular flexibility index (Phi) is 8.10. The maximum atomic E-state index is 12.3. The highest BCUT2D eigenvalue weighted by Gasteiger charge is 2.29. The van der Waals surface area contributed by atoms with Crippen LogP contribution in [0.4, 0.5) is 10.5 Å². The van der Waals surface area contributed by atoms with Gasteiger partial charge in [-0.1, -0.05) is 42.5 Å². The van der Waals surface area contributed by atoms with Crippen LogP contribution >= 0.6 is 0 Å². The van der Waals surface area contributed by atoms with E-state index in [4.69, 9.17) is 4.74 Å². The van der Waals surface area contributed by atoms with Crippen molar-refractivity contribution in [2.75, 3.05) is 31.1 Å². The molecule has 33 heavy (non-hydrogen) atoms. The molecule has 1 heterocycles. The number of ether oxygens (including phenoxy) is 1. The quantitative estimate of drug-likeness (QED) is 0.656. The van der Waals surface area contributed by atoms with E-state index in [-0.39, 0.29) is 18.2 Å². The maximum absolute atomic E-state index is 12.3. The van der Waals surface area contributed by atoms with E-state index in [9.17, 15) is 4.79 Å². The summed E-state index contributed by atoms with van der Waals surface area (Å²) >= 11 is 0. The Morgan fingerprint density at radius 2 is 1.61 bits per heavy atom. The third-order valence-electron chi connectivity index (χ3n) is 6.73. The van der Waals surface area contributed by atoms with Gasteiger partial charge in [0.2, 0.25) is 0 Å². The van der Waals surface area contributed by atoms with Gasteiger partial charge in [0.25, 0.3) is 0 Å². The molecule has 6 heteroatoms. The fraction of sp³-hybridized carbons (Fsp3) is 0.519. The van der Waals surface area contributed by atoms with Crippen LogP contribution in [0.1, 0.15) is 45.1 Å². The number of nitrogens with zero attached hydrogens (tertiary/aromatic N) is 2. The van der Waals surface area contributed by atoms with E-state index >= 15 is 0 Å². The predicted octanol–water partition coefficient (Wildman–Crippen LogP) is 4.41. The number of rotatable bonds is 7. The van der Waals surface area contributed by atoms with Crippen molar-refractivity contribution >= 4 is 11.7 Å². The van der Waals surface area contributed by atoms with Gasteiger partial charge in [0, 0.05) is 44.8 Å². The Labute approximate surface area is 198 Å². The molecule has 2 amide bonds. The molecule has 1 aliphatic carbocycles. The van der Waals surface area contributed by atoms with Crippen LogP contribution in [0.2, 0.25) is 0 Å². The van der Waals surface area contributed by atoms with Gasteiger partial charge >= 0.3 is 6.03 Å². The van der Waals surface area contributed by atoms with Crippen molar-refractivity contribution in [2.45, 2.75) is 64.3 Å². The summed E-state index contributed by atoms with van der Waals surface area (Å²) in [6, 6.07) is 19.3. The minimum atomic E-state index is -0.0572. The fourth-order valence-corrected chi connectivity index (χ4v) is 5.00. The number of carbonyl (C=O) groups is 1. The van der Waals surface area contributed by atoms with Crippen molar-refractivity contribution in [1.82, 2.24) is 15.5 Å². The summed E-state index contributed by atoms with van der Waals surface area (Å²) in [4.78, 5) is 17.4. The molecule has 0 radical (unpaired) electrons. The summed E-state index contributed by atoms with van der Waals surface area (Å²) < 4.78 is 6.03. The first-order valence-corrected chi connectivity index (χ1v) is 12.4. The highest BCUT2D eigenvalue weighted by atomic mass is 16.5. The number of amides is 2. The molecular formula is C27H38N4O2. The van der Waals surface area contributed by atoms with Crippen LogP contribution < -0.4 is 20.3 Å². The summed E-state index contributed by atoms with van der Waals surface area (Å²) in [6.07, 6.45) is 4.58. The summed E-state index contributed by atoms with van der Waals surface area (Å²) in [5.41, 5.74) is 2.33. The Morgan fingerprint density at radius 3 is 2.30 bits per heavy atom. The van der Waals surface area contributed by atoms with Crippen molar-refractivity contribution in [1.29, 1.82) is 0 Å². The van der Waals surface area contributed by atoms with Gasteiger partial charge in [0.05, 0.1) is 11.8 Å². The first-order valence-electron chi connectivity index (χ1n) is 12.4. The Bertz CT molecular complexity index is 873. The normalized spacial score (nSPS) is 21.6. The van der Waals surface area contributed by atoms with Gasteiger partial charge in [0.1, 0.15) is 5.75 Å². The van der Waals surface area contributed by atoms with Crippen LogP contribution in [0, 0.1) is 0 Å². The SMILES string of the molecule is CC(C)Oc1ccccc1N1CCN(C2CCC(NC(=O)NCc3ccccc3)CC2)CC1. The summed E-state index contributed by atoms with van der Waals surface area (Å²) in [5.74, 6) is 0.984. The van der Waals surface area contributed by atoms with Crippen LogP contribution in [0.15, 0.2) is 54.6 Å². The highest BCUT2D eigenvalue weighted by Crippen LogP contribution is 2.31. The van der Waals surface area contributed by atoms with E-state index in [1.807, 2.05) is 36.4 Å². The molecule has 2 N–H and O–H groups in total. The van der Waals surface area contributed by atoms with Crippen LogP contribution in [-0.4, -0.2) is 55.3 Å². The molecule has 6 nitrogen and oxygen atoms in total. The molecule has 1 aliphatic heterocycles. The minimum Gasteiger partial charge on any atom is -0.489 e. The van der Waals surface area contributed by atoms with Gasteiger partial charge in [-0.2, -0.15) is 0 Å². The number of benzene rings is 2. The molecule has 178 valence electrons. The number of nitrogens with one attached hydrogen (secondary N) is 2. The highest BCUT2D eigenvalue weighted by molar-refractivity contribution is 5.74. The van der Waals surface area contributed by atoms with E-state index in [0.29, 0.717) is 12.6 Å².